The first-order valence-corrected chi connectivity index (χ1v) is 7.01. The van der Waals surface area contributed by atoms with Crippen LogP contribution in [-0.4, -0.2) is 18.0 Å². The Morgan fingerprint density at radius 2 is 2.19 bits per heavy atom. The normalized spacial score (nSPS) is 17.0. The maximum absolute atomic E-state index is 12.7. The third-order valence-electron chi connectivity index (χ3n) is 3.98. The van der Waals surface area contributed by atoms with Gasteiger partial charge in [0.15, 0.2) is 0 Å². The van der Waals surface area contributed by atoms with Crippen LogP contribution < -0.4 is 10.1 Å². The first kappa shape index (κ1) is 13.7. The molecule has 1 aliphatic rings. The van der Waals surface area contributed by atoms with Gasteiger partial charge in [-0.05, 0) is 25.8 Å². The molecule has 5 heteroatoms. The molecule has 1 atom stereocenters. The molecule has 1 fully saturated rings. The standard InChI is InChI=1S/C16H18N2O3/c1-11(14-17-9-10-21-14)18-15(19)16(7-8-16)12-5-3-4-6-13(12)20-2/h3-6,9-11H,7-8H2,1-2H3,(H,18,19). The zero-order chi connectivity index (χ0) is 14.9. The molecule has 0 saturated heterocycles. The molecule has 0 spiro atoms. The van der Waals surface area contributed by atoms with Crippen molar-refractivity contribution in [3.8, 4) is 5.75 Å². The highest BCUT2D eigenvalue weighted by Crippen LogP contribution is 2.51. The molecule has 21 heavy (non-hydrogen) atoms. The number of hydrogen-bond acceptors (Lipinski definition) is 4. The van der Waals surface area contributed by atoms with Crippen LogP contribution in [0.5, 0.6) is 5.75 Å². The van der Waals surface area contributed by atoms with Gasteiger partial charge in [-0.3, -0.25) is 4.79 Å². The van der Waals surface area contributed by atoms with E-state index in [-0.39, 0.29) is 11.9 Å². The average Bonchev–Trinajstić information content (AvgIpc) is 3.13. The van der Waals surface area contributed by atoms with E-state index in [0.717, 1.165) is 24.2 Å². The Bertz CT molecular complexity index is 633. The molecule has 0 radical (unpaired) electrons. The summed E-state index contributed by atoms with van der Waals surface area (Å²) in [4.78, 5) is 16.7. The highest BCUT2D eigenvalue weighted by molar-refractivity contribution is 5.92. The number of nitrogens with one attached hydrogen (secondary N) is 1. The Hall–Kier alpha value is -2.30. The van der Waals surface area contributed by atoms with Gasteiger partial charge in [0.05, 0.1) is 18.7 Å². The number of para-hydroxylation sites is 1. The third kappa shape index (κ3) is 2.39. The molecule has 2 aromatic rings. The number of nitrogens with zero attached hydrogens (tertiary/aromatic N) is 1. The summed E-state index contributed by atoms with van der Waals surface area (Å²) in [5.74, 6) is 1.27. The number of ether oxygens (including phenoxy) is 1. The van der Waals surface area contributed by atoms with Crippen molar-refractivity contribution < 1.29 is 13.9 Å². The van der Waals surface area contributed by atoms with Crippen LogP contribution in [0.3, 0.4) is 0 Å². The highest BCUT2D eigenvalue weighted by Gasteiger charge is 2.53. The van der Waals surface area contributed by atoms with Gasteiger partial charge in [-0.25, -0.2) is 4.98 Å². The SMILES string of the molecule is COc1ccccc1C1(C(=O)NC(C)c2ncco2)CC1. The third-order valence-corrected chi connectivity index (χ3v) is 3.98. The summed E-state index contributed by atoms with van der Waals surface area (Å²) in [5, 5.41) is 2.98. The molecule has 110 valence electrons. The summed E-state index contributed by atoms with van der Waals surface area (Å²) in [7, 11) is 1.63. The zero-order valence-electron chi connectivity index (χ0n) is 12.1. The predicted octanol–water partition coefficient (Wildman–Crippen LogP) is 2.59. The van der Waals surface area contributed by atoms with Gasteiger partial charge in [0, 0.05) is 5.56 Å². The monoisotopic (exact) mass is 286 g/mol. The number of methoxy groups -OCH3 is 1. The van der Waals surface area contributed by atoms with Crippen LogP contribution in [0.25, 0.3) is 0 Å². The Balaban J connectivity index is 1.81. The van der Waals surface area contributed by atoms with Crippen molar-refractivity contribution in [3.05, 3.63) is 48.2 Å². The molecule has 1 aromatic heterocycles. The minimum Gasteiger partial charge on any atom is -0.496 e. The summed E-state index contributed by atoms with van der Waals surface area (Å²) in [6.45, 7) is 1.86. The van der Waals surface area contributed by atoms with E-state index in [1.54, 1.807) is 13.3 Å². The molecular weight excluding hydrogens is 268 g/mol. The average molecular weight is 286 g/mol. The number of rotatable bonds is 5. The quantitative estimate of drug-likeness (QED) is 0.917. The van der Waals surface area contributed by atoms with Gasteiger partial charge in [-0.1, -0.05) is 18.2 Å². The van der Waals surface area contributed by atoms with E-state index >= 15 is 0 Å². The van der Waals surface area contributed by atoms with Gasteiger partial charge >= 0.3 is 0 Å². The number of aromatic nitrogens is 1. The smallest absolute Gasteiger partial charge is 0.231 e. The van der Waals surface area contributed by atoms with Crippen molar-refractivity contribution in [2.75, 3.05) is 7.11 Å². The lowest BCUT2D eigenvalue weighted by atomic mass is 9.93. The number of benzene rings is 1. The Morgan fingerprint density at radius 1 is 1.43 bits per heavy atom. The van der Waals surface area contributed by atoms with E-state index in [1.165, 1.54) is 6.26 Å². The van der Waals surface area contributed by atoms with Crippen LogP contribution >= 0.6 is 0 Å². The van der Waals surface area contributed by atoms with E-state index in [4.69, 9.17) is 9.15 Å². The summed E-state index contributed by atoms with van der Waals surface area (Å²) in [6, 6.07) is 7.44. The molecule has 1 aliphatic carbocycles. The second kappa shape index (κ2) is 5.24. The van der Waals surface area contributed by atoms with Crippen molar-refractivity contribution in [3.63, 3.8) is 0 Å². The van der Waals surface area contributed by atoms with E-state index in [9.17, 15) is 4.79 Å². The number of carbonyl (C=O) groups is 1. The minimum absolute atomic E-state index is 0.00213. The maximum atomic E-state index is 12.7. The van der Waals surface area contributed by atoms with Gasteiger partial charge in [0.2, 0.25) is 11.8 Å². The van der Waals surface area contributed by atoms with E-state index < -0.39 is 5.41 Å². The van der Waals surface area contributed by atoms with Crippen LogP contribution in [0.4, 0.5) is 0 Å². The van der Waals surface area contributed by atoms with Crippen molar-refractivity contribution >= 4 is 5.91 Å². The number of amides is 1. The van der Waals surface area contributed by atoms with Crippen molar-refractivity contribution in [2.45, 2.75) is 31.2 Å². The van der Waals surface area contributed by atoms with Crippen LogP contribution in [0.1, 0.15) is 37.3 Å². The van der Waals surface area contributed by atoms with E-state index in [0.29, 0.717) is 5.89 Å². The molecule has 1 aromatic carbocycles. The first-order chi connectivity index (χ1) is 10.2. The fourth-order valence-corrected chi connectivity index (χ4v) is 2.63. The number of hydrogen-bond donors (Lipinski definition) is 1. The summed E-state index contributed by atoms with van der Waals surface area (Å²) in [5.41, 5.74) is 0.470. The Labute approximate surface area is 123 Å². The van der Waals surface area contributed by atoms with Crippen LogP contribution in [0, 0.1) is 0 Å². The largest absolute Gasteiger partial charge is 0.496 e. The van der Waals surface area contributed by atoms with Crippen LogP contribution in [-0.2, 0) is 10.2 Å². The van der Waals surface area contributed by atoms with E-state index in [2.05, 4.69) is 10.3 Å². The molecule has 3 rings (SSSR count). The fraction of sp³-hybridized carbons (Fsp3) is 0.375. The molecule has 1 unspecified atom stereocenters. The lowest BCUT2D eigenvalue weighted by Crippen LogP contribution is -2.36. The van der Waals surface area contributed by atoms with Crippen LogP contribution in [0.2, 0.25) is 0 Å². The van der Waals surface area contributed by atoms with Gasteiger partial charge < -0.3 is 14.5 Å². The van der Waals surface area contributed by atoms with Crippen molar-refractivity contribution in [2.24, 2.45) is 0 Å². The lowest BCUT2D eigenvalue weighted by molar-refractivity contribution is -0.124. The topological polar surface area (TPSA) is 64.4 Å². The minimum atomic E-state index is -0.479. The van der Waals surface area contributed by atoms with Gasteiger partial charge in [-0.15, -0.1) is 0 Å². The van der Waals surface area contributed by atoms with E-state index in [1.807, 2.05) is 31.2 Å². The Kier molecular flexibility index (Phi) is 3.41. The summed E-state index contributed by atoms with van der Waals surface area (Å²) >= 11 is 0. The fourth-order valence-electron chi connectivity index (χ4n) is 2.63. The van der Waals surface area contributed by atoms with Gasteiger partial charge in [-0.2, -0.15) is 0 Å². The highest BCUT2D eigenvalue weighted by atomic mass is 16.5. The second-order valence-corrected chi connectivity index (χ2v) is 5.35. The van der Waals surface area contributed by atoms with Gasteiger partial charge in [0.1, 0.15) is 18.1 Å². The summed E-state index contributed by atoms with van der Waals surface area (Å²) < 4.78 is 10.6. The number of oxazole rings is 1. The molecular formula is C16H18N2O3. The molecule has 1 amide bonds. The van der Waals surface area contributed by atoms with Crippen molar-refractivity contribution in [1.82, 2.24) is 10.3 Å². The second-order valence-electron chi connectivity index (χ2n) is 5.35. The first-order valence-electron chi connectivity index (χ1n) is 7.01. The molecule has 0 bridgehead atoms. The predicted molar refractivity (Wildman–Crippen MR) is 77.0 cm³/mol. The lowest BCUT2D eigenvalue weighted by Gasteiger charge is -2.20. The zero-order valence-corrected chi connectivity index (χ0v) is 12.1. The number of carbonyl (C=O) groups excluding carboxylic acids is 1. The van der Waals surface area contributed by atoms with Crippen LogP contribution in [0.15, 0.2) is 41.1 Å². The Morgan fingerprint density at radius 3 is 2.81 bits per heavy atom. The summed E-state index contributed by atoms with van der Waals surface area (Å²) in [6.07, 6.45) is 4.74. The molecule has 0 aliphatic heterocycles. The molecule has 1 N–H and O–H groups in total. The van der Waals surface area contributed by atoms with Gasteiger partial charge in [0.25, 0.3) is 0 Å². The molecule has 1 heterocycles. The molecule has 5 nitrogen and oxygen atoms in total. The van der Waals surface area contributed by atoms with Crippen molar-refractivity contribution in [1.29, 1.82) is 0 Å². The maximum Gasteiger partial charge on any atom is 0.231 e. The molecule has 1 saturated carbocycles.